The molecule has 7 heteroatoms. The molecule has 0 atom stereocenters. The van der Waals surface area contributed by atoms with Crippen LogP contribution in [0.1, 0.15) is 38.5 Å². The first-order chi connectivity index (χ1) is 12.5. The van der Waals surface area contributed by atoms with Gasteiger partial charge in [-0.15, -0.1) is 0 Å². The number of hydrogen-bond donors (Lipinski definition) is 2. The first kappa shape index (κ1) is 20.4. The fourth-order valence-electron chi connectivity index (χ4n) is 2.94. The molecular weight excluding hydrogens is 354 g/mol. The van der Waals surface area contributed by atoms with E-state index in [0.29, 0.717) is 30.5 Å². The zero-order valence-corrected chi connectivity index (χ0v) is 16.1. The summed E-state index contributed by atoms with van der Waals surface area (Å²) in [5.74, 6) is 0.650. The summed E-state index contributed by atoms with van der Waals surface area (Å²) >= 11 is 5.90. The Morgan fingerprint density at radius 3 is 2.77 bits per heavy atom. The van der Waals surface area contributed by atoms with Crippen LogP contribution in [0.25, 0.3) is 0 Å². The lowest BCUT2D eigenvalue weighted by Gasteiger charge is -2.23. The van der Waals surface area contributed by atoms with Crippen LogP contribution < -0.4 is 15.4 Å². The van der Waals surface area contributed by atoms with Crippen LogP contribution in [0.4, 0.5) is 4.79 Å². The molecule has 0 spiro atoms. The predicted octanol–water partition coefficient (Wildman–Crippen LogP) is 3.20. The van der Waals surface area contributed by atoms with Crippen molar-refractivity contribution >= 4 is 23.5 Å². The maximum absolute atomic E-state index is 12.1. The molecule has 0 radical (unpaired) electrons. The molecule has 1 aliphatic rings. The molecule has 3 amide bonds. The molecule has 1 aliphatic carbocycles. The Balaban J connectivity index is 1.57. The van der Waals surface area contributed by atoms with Gasteiger partial charge < -0.3 is 20.3 Å². The summed E-state index contributed by atoms with van der Waals surface area (Å²) in [5, 5.41) is 6.35. The molecule has 1 fully saturated rings. The summed E-state index contributed by atoms with van der Waals surface area (Å²) in [6.07, 6.45) is 5.95. The second-order valence-electron chi connectivity index (χ2n) is 6.61. The fourth-order valence-corrected chi connectivity index (χ4v) is 3.12. The van der Waals surface area contributed by atoms with Crippen molar-refractivity contribution in [2.24, 2.45) is 0 Å². The third-order valence-corrected chi connectivity index (χ3v) is 4.72. The van der Waals surface area contributed by atoms with Gasteiger partial charge in [0.1, 0.15) is 12.4 Å². The normalized spacial score (nSPS) is 14.5. The number of carbonyl (C=O) groups excluding carboxylic acids is 2. The number of amides is 3. The van der Waals surface area contributed by atoms with Crippen LogP contribution in [0.2, 0.25) is 5.02 Å². The van der Waals surface area contributed by atoms with Gasteiger partial charge in [-0.2, -0.15) is 0 Å². The Labute approximate surface area is 160 Å². The standard InChI is InChI=1S/C19H28ClN3O3/c1-23(12-13-26-17-9-5-6-15(20)14-17)18(24)10-11-21-19(25)22-16-7-3-2-4-8-16/h5-6,9,14,16H,2-4,7-8,10-13H2,1H3,(H2,21,22,25). The Kier molecular flexibility index (Phi) is 8.54. The van der Waals surface area contributed by atoms with Gasteiger partial charge in [0.2, 0.25) is 5.91 Å². The van der Waals surface area contributed by atoms with E-state index in [0.717, 1.165) is 12.8 Å². The van der Waals surface area contributed by atoms with Crippen LogP contribution in [0.5, 0.6) is 5.75 Å². The average Bonchev–Trinajstić information content (AvgIpc) is 2.62. The van der Waals surface area contributed by atoms with Crippen molar-refractivity contribution < 1.29 is 14.3 Å². The molecule has 0 bridgehead atoms. The molecule has 2 N–H and O–H groups in total. The number of benzene rings is 1. The van der Waals surface area contributed by atoms with E-state index >= 15 is 0 Å². The number of urea groups is 1. The summed E-state index contributed by atoms with van der Waals surface area (Å²) in [4.78, 5) is 25.5. The maximum Gasteiger partial charge on any atom is 0.315 e. The number of rotatable bonds is 8. The molecule has 0 heterocycles. The number of nitrogens with zero attached hydrogens (tertiary/aromatic N) is 1. The maximum atomic E-state index is 12.1. The minimum Gasteiger partial charge on any atom is -0.492 e. The highest BCUT2D eigenvalue weighted by atomic mass is 35.5. The lowest BCUT2D eigenvalue weighted by molar-refractivity contribution is -0.130. The van der Waals surface area contributed by atoms with Crippen LogP contribution in [0.3, 0.4) is 0 Å². The van der Waals surface area contributed by atoms with Crippen LogP contribution in [-0.2, 0) is 4.79 Å². The SMILES string of the molecule is CN(CCOc1cccc(Cl)c1)C(=O)CCNC(=O)NC1CCCCC1. The Morgan fingerprint density at radius 2 is 2.04 bits per heavy atom. The molecule has 0 saturated heterocycles. The highest BCUT2D eigenvalue weighted by molar-refractivity contribution is 6.30. The van der Waals surface area contributed by atoms with Crippen LogP contribution >= 0.6 is 11.6 Å². The van der Waals surface area contributed by atoms with Crippen molar-refractivity contribution in [3.8, 4) is 5.75 Å². The second kappa shape index (κ2) is 10.9. The number of ether oxygens (including phenoxy) is 1. The molecule has 1 aromatic rings. The van der Waals surface area contributed by atoms with Crippen LogP contribution in [0, 0.1) is 0 Å². The highest BCUT2D eigenvalue weighted by Gasteiger charge is 2.15. The summed E-state index contributed by atoms with van der Waals surface area (Å²) in [6, 6.07) is 7.24. The van der Waals surface area contributed by atoms with E-state index in [4.69, 9.17) is 16.3 Å². The van der Waals surface area contributed by atoms with Crippen molar-refractivity contribution in [1.29, 1.82) is 0 Å². The number of likely N-dealkylation sites (N-methyl/N-ethyl adjacent to an activating group) is 1. The fraction of sp³-hybridized carbons (Fsp3) is 0.579. The monoisotopic (exact) mass is 381 g/mol. The molecule has 26 heavy (non-hydrogen) atoms. The molecule has 144 valence electrons. The molecule has 6 nitrogen and oxygen atoms in total. The topological polar surface area (TPSA) is 70.7 Å². The number of nitrogens with one attached hydrogen (secondary N) is 2. The van der Waals surface area contributed by atoms with Crippen molar-refractivity contribution in [1.82, 2.24) is 15.5 Å². The first-order valence-electron chi connectivity index (χ1n) is 9.21. The van der Waals surface area contributed by atoms with Gasteiger partial charge in [0.05, 0.1) is 6.54 Å². The molecular formula is C19H28ClN3O3. The summed E-state index contributed by atoms with van der Waals surface area (Å²) in [5.41, 5.74) is 0. The predicted molar refractivity (Wildman–Crippen MR) is 103 cm³/mol. The zero-order chi connectivity index (χ0) is 18.8. The molecule has 1 aromatic carbocycles. The zero-order valence-electron chi connectivity index (χ0n) is 15.3. The second-order valence-corrected chi connectivity index (χ2v) is 7.04. The molecule has 0 aliphatic heterocycles. The molecule has 2 rings (SSSR count). The minimum absolute atomic E-state index is 0.0299. The molecule has 0 unspecified atom stereocenters. The number of hydrogen-bond acceptors (Lipinski definition) is 3. The summed E-state index contributed by atoms with van der Waals surface area (Å²) < 4.78 is 5.58. The third-order valence-electron chi connectivity index (χ3n) is 4.48. The van der Waals surface area contributed by atoms with Gasteiger partial charge in [-0.05, 0) is 31.0 Å². The molecule has 0 aromatic heterocycles. The van der Waals surface area contributed by atoms with E-state index in [-0.39, 0.29) is 24.4 Å². The van der Waals surface area contributed by atoms with Crippen molar-refractivity contribution in [3.63, 3.8) is 0 Å². The smallest absolute Gasteiger partial charge is 0.315 e. The van der Waals surface area contributed by atoms with Gasteiger partial charge in [-0.3, -0.25) is 4.79 Å². The van der Waals surface area contributed by atoms with Crippen molar-refractivity contribution in [2.75, 3.05) is 26.7 Å². The van der Waals surface area contributed by atoms with Crippen molar-refractivity contribution in [3.05, 3.63) is 29.3 Å². The number of carbonyl (C=O) groups is 2. The van der Waals surface area contributed by atoms with Crippen LogP contribution in [-0.4, -0.2) is 49.6 Å². The minimum atomic E-state index is -0.184. The summed E-state index contributed by atoms with van der Waals surface area (Å²) in [7, 11) is 1.73. The quantitative estimate of drug-likeness (QED) is 0.726. The largest absolute Gasteiger partial charge is 0.492 e. The van der Waals surface area contributed by atoms with E-state index in [1.54, 1.807) is 24.1 Å². The van der Waals surface area contributed by atoms with Crippen LogP contribution in [0.15, 0.2) is 24.3 Å². The third kappa shape index (κ3) is 7.52. The lowest BCUT2D eigenvalue weighted by atomic mass is 9.96. The Morgan fingerprint density at radius 1 is 1.27 bits per heavy atom. The van der Waals surface area contributed by atoms with Gasteiger partial charge in [0, 0.05) is 31.1 Å². The molecule has 1 saturated carbocycles. The van der Waals surface area contributed by atoms with Gasteiger partial charge in [-0.1, -0.05) is 36.9 Å². The van der Waals surface area contributed by atoms with Gasteiger partial charge in [0.15, 0.2) is 0 Å². The van der Waals surface area contributed by atoms with E-state index in [1.807, 2.05) is 12.1 Å². The van der Waals surface area contributed by atoms with E-state index in [1.165, 1.54) is 19.3 Å². The average molecular weight is 382 g/mol. The van der Waals surface area contributed by atoms with E-state index in [9.17, 15) is 9.59 Å². The summed E-state index contributed by atoms with van der Waals surface area (Å²) in [6.45, 7) is 1.19. The lowest BCUT2D eigenvalue weighted by Crippen LogP contribution is -2.44. The van der Waals surface area contributed by atoms with E-state index in [2.05, 4.69) is 10.6 Å². The highest BCUT2D eigenvalue weighted by Crippen LogP contribution is 2.17. The van der Waals surface area contributed by atoms with E-state index < -0.39 is 0 Å². The van der Waals surface area contributed by atoms with Gasteiger partial charge in [-0.25, -0.2) is 4.79 Å². The van der Waals surface area contributed by atoms with Crippen molar-refractivity contribution in [2.45, 2.75) is 44.6 Å². The first-order valence-corrected chi connectivity index (χ1v) is 9.59. The van der Waals surface area contributed by atoms with Gasteiger partial charge in [0.25, 0.3) is 0 Å². The number of halogens is 1. The Hall–Kier alpha value is -1.95. The van der Waals surface area contributed by atoms with Gasteiger partial charge >= 0.3 is 6.03 Å². The Bertz CT molecular complexity index is 591.